The average Bonchev–Trinajstić information content (AvgIpc) is 2.92. The SMILES string of the molecule is CC(=O)SCC1CC(=O)N(c2[nH]ncc2C(=O)O)C1. The minimum Gasteiger partial charge on any atom is -0.477 e. The topological polar surface area (TPSA) is 103 Å². The molecule has 19 heavy (non-hydrogen) atoms. The fourth-order valence-corrected chi connectivity index (χ4v) is 2.68. The third kappa shape index (κ3) is 2.95. The number of carboxylic acid groups (broad SMARTS) is 1. The van der Waals surface area contributed by atoms with Gasteiger partial charge in [-0.3, -0.25) is 19.6 Å². The summed E-state index contributed by atoms with van der Waals surface area (Å²) in [4.78, 5) is 35.2. The Labute approximate surface area is 113 Å². The lowest BCUT2D eigenvalue weighted by Crippen LogP contribution is -2.26. The van der Waals surface area contributed by atoms with E-state index in [9.17, 15) is 14.4 Å². The predicted octanol–water partition coefficient (Wildman–Crippen LogP) is 0.740. The van der Waals surface area contributed by atoms with Crippen LogP contribution in [0.4, 0.5) is 5.82 Å². The number of aromatic carboxylic acids is 1. The predicted molar refractivity (Wildman–Crippen MR) is 69.1 cm³/mol. The molecule has 0 radical (unpaired) electrons. The molecule has 1 saturated heterocycles. The first kappa shape index (κ1) is 13.6. The lowest BCUT2D eigenvalue weighted by molar-refractivity contribution is -0.117. The van der Waals surface area contributed by atoms with Gasteiger partial charge in [0.25, 0.3) is 0 Å². The molecule has 2 heterocycles. The van der Waals surface area contributed by atoms with Crippen molar-refractivity contribution in [1.82, 2.24) is 10.2 Å². The van der Waals surface area contributed by atoms with E-state index in [0.717, 1.165) is 0 Å². The Morgan fingerprint density at radius 1 is 1.63 bits per heavy atom. The highest BCUT2D eigenvalue weighted by molar-refractivity contribution is 8.13. The van der Waals surface area contributed by atoms with Crippen LogP contribution in [-0.2, 0) is 9.59 Å². The van der Waals surface area contributed by atoms with Crippen LogP contribution in [0.5, 0.6) is 0 Å². The van der Waals surface area contributed by atoms with Gasteiger partial charge in [-0.15, -0.1) is 0 Å². The second-order valence-corrected chi connectivity index (χ2v) is 5.51. The highest BCUT2D eigenvalue weighted by Crippen LogP contribution is 2.28. The van der Waals surface area contributed by atoms with Crippen molar-refractivity contribution in [3.05, 3.63) is 11.8 Å². The number of hydrogen-bond donors (Lipinski definition) is 2. The van der Waals surface area contributed by atoms with Crippen LogP contribution < -0.4 is 4.90 Å². The van der Waals surface area contributed by atoms with Crippen LogP contribution in [0.3, 0.4) is 0 Å². The molecule has 1 amide bonds. The van der Waals surface area contributed by atoms with Crippen LogP contribution in [0.2, 0.25) is 0 Å². The van der Waals surface area contributed by atoms with Gasteiger partial charge in [-0.25, -0.2) is 4.79 Å². The lowest BCUT2D eigenvalue weighted by Gasteiger charge is -2.15. The van der Waals surface area contributed by atoms with Gasteiger partial charge < -0.3 is 5.11 Å². The van der Waals surface area contributed by atoms with Gasteiger partial charge in [0.15, 0.2) is 5.12 Å². The van der Waals surface area contributed by atoms with Gasteiger partial charge in [0.05, 0.1) is 6.20 Å². The van der Waals surface area contributed by atoms with Crippen LogP contribution in [0.1, 0.15) is 23.7 Å². The summed E-state index contributed by atoms with van der Waals surface area (Å²) in [6.07, 6.45) is 1.50. The maximum absolute atomic E-state index is 11.9. The second kappa shape index (κ2) is 5.43. The summed E-state index contributed by atoms with van der Waals surface area (Å²) in [5.41, 5.74) is -0.0202. The summed E-state index contributed by atoms with van der Waals surface area (Å²) < 4.78 is 0. The molecule has 0 saturated carbocycles. The number of aromatic nitrogens is 2. The molecule has 2 rings (SSSR count). The number of carboxylic acids is 1. The van der Waals surface area contributed by atoms with E-state index in [2.05, 4.69) is 10.2 Å². The summed E-state index contributed by atoms with van der Waals surface area (Å²) in [6, 6.07) is 0. The molecular weight excluding hydrogens is 270 g/mol. The first-order valence-corrected chi connectivity index (χ1v) is 6.68. The standard InChI is InChI=1S/C11H13N3O4S/c1-6(15)19-5-7-2-9(16)14(4-7)10-8(11(17)18)3-12-13-10/h3,7H,2,4-5H2,1H3,(H,12,13)(H,17,18). The van der Waals surface area contributed by atoms with Gasteiger partial charge in [0, 0.05) is 25.6 Å². The third-order valence-electron chi connectivity index (χ3n) is 2.85. The summed E-state index contributed by atoms with van der Waals surface area (Å²) in [7, 11) is 0. The summed E-state index contributed by atoms with van der Waals surface area (Å²) in [6.45, 7) is 1.89. The molecule has 8 heteroatoms. The largest absolute Gasteiger partial charge is 0.477 e. The van der Waals surface area contributed by atoms with Gasteiger partial charge in [0.2, 0.25) is 5.91 Å². The molecule has 0 aromatic carbocycles. The minimum absolute atomic E-state index is 0.0127. The molecule has 102 valence electrons. The van der Waals surface area contributed by atoms with Crippen LogP contribution in [0.25, 0.3) is 0 Å². The first-order valence-electron chi connectivity index (χ1n) is 5.69. The maximum atomic E-state index is 11.9. The third-order valence-corrected chi connectivity index (χ3v) is 3.89. The van der Waals surface area contributed by atoms with Crippen molar-refractivity contribution in [2.45, 2.75) is 13.3 Å². The molecular formula is C11H13N3O4S. The highest BCUT2D eigenvalue weighted by atomic mass is 32.2. The Hall–Kier alpha value is -1.83. The zero-order valence-electron chi connectivity index (χ0n) is 10.3. The van der Waals surface area contributed by atoms with E-state index < -0.39 is 5.97 Å². The van der Waals surface area contributed by atoms with E-state index >= 15 is 0 Å². The number of H-pyrrole nitrogens is 1. The number of carbonyl (C=O) groups excluding carboxylic acids is 2. The maximum Gasteiger partial charge on any atom is 0.341 e. The van der Waals surface area contributed by atoms with Crippen LogP contribution in [0, 0.1) is 5.92 Å². The van der Waals surface area contributed by atoms with E-state index in [4.69, 9.17) is 5.11 Å². The fraction of sp³-hybridized carbons (Fsp3) is 0.455. The van der Waals surface area contributed by atoms with Crippen molar-refractivity contribution in [1.29, 1.82) is 0 Å². The molecule has 1 aliphatic rings. The molecule has 1 atom stereocenters. The second-order valence-electron chi connectivity index (χ2n) is 4.31. The Kier molecular flexibility index (Phi) is 3.89. The van der Waals surface area contributed by atoms with Gasteiger partial charge >= 0.3 is 5.97 Å². The number of nitrogens with one attached hydrogen (secondary N) is 1. The number of amides is 1. The van der Waals surface area contributed by atoms with Crippen molar-refractivity contribution in [3.8, 4) is 0 Å². The number of anilines is 1. The van der Waals surface area contributed by atoms with Crippen molar-refractivity contribution in [2.24, 2.45) is 5.92 Å². The molecule has 0 bridgehead atoms. The van der Waals surface area contributed by atoms with E-state index in [1.807, 2.05) is 0 Å². The molecule has 1 fully saturated rings. The smallest absolute Gasteiger partial charge is 0.341 e. The van der Waals surface area contributed by atoms with Crippen molar-refractivity contribution < 1.29 is 19.5 Å². The van der Waals surface area contributed by atoms with Gasteiger partial charge in [-0.05, 0) is 5.92 Å². The molecule has 2 N–H and O–H groups in total. The minimum atomic E-state index is -1.13. The van der Waals surface area contributed by atoms with Gasteiger partial charge in [-0.2, -0.15) is 5.10 Å². The number of nitrogens with zero attached hydrogens (tertiary/aromatic N) is 2. The monoisotopic (exact) mass is 283 g/mol. The van der Waals surface area contributed by atoms with E-state index in [1.54, 1.807) is 0 Å². The molecule has 1 unspecified atom stereocenters. The van der Waals surface area contributed by atoms with Crippen molar-refractivity contribution in [2.75, 3.05) is 17.2 Å². The van der Waals surface area contributed by atoms with Crippen LogP contribution >= 0.6 is 11.8 Å². The van der Waals surface area contributed by atoms with Gasteiger partial charge in [0.1, 0.15) is 11.4 Å². The van der Waals surface area contributed by atoms with E-state index in [0.29, 0.717) is 18.7 Å². The first-order chi connectivity index (χ1) is 8.99. The Balaban J connectivity index is 2.09. The highest BCUT2D eigenvalue weighted by Gasteiger charge is 2.33. The number of hydrogen-bond acceptors (Lipinski definition) is 5. The molecule has 0 spiro atoms. The Bertz CT molecular complexity index is 528. The Morgan fingerprint density at radius 2 is 2.37 bits per heavy atom. The van der Waals surface area contributed by atoms with Crippen molar-refractivity contribution in [3.63, 3.8) is 0 Å². The van der Waals surface area contributed by atoms with E-state index in [-0.39, 0.29) is 28.3 Å². The molecule has 1 aliphatic heterocycles. The quantitative estimate of drug-likeness (QED) is 0.844. The number of rotatable bonds is 4. The van der Waals surface area contributed by atoms with Crippen LogP contribution in [0.15, 0.2) is 6.20 Å². The summed E-state index contributed by atoms with van der Waals surface area (Å²) in [5.74, 6) is -0.452. The number of thioether (sulfide) groups is 1. The van der Waals surface area contributed by atoms with Crippen LogP contribution in [-0.4, -0.2) is 44.6 Å². The molecule has 1 aromatic rings. The average molecular weight is 283 g/mol. The molecule has 7 nitrogen and oxygen atoms in total. The summed E-state index contributed by atoms with van der Waals surface area (Å²) >= 11 is 1.18. The zero-order chi connectivity index (χ0) is 14.0. The lowest BCUT2D eigenvalue weighted by atomic mass is 10.1. The number of carbonyl (C=O) groups is 3. The fourth-order valence-electron chi connectivity index (χ4n) is 1.99. The number of aromatic amines is 1. The Morgan fingerprint density at radius 3 is 3.00 bits per heavy atom. The van der Waals surface area contributed by atoms with Gasteiger partial charge in [-0.1, -0.05) is 11.8 Å². The normalized spacial score (nSPS) is 18.9. The van der Waals surface area contributed by atoms with E-state index in [1.165, 1.54) is 29.8 Å². The van der Waals surface area contributed by atoms with Crippen molar-refractivity contribution >= 4 is 34.6 Å². The zero-order valence-corrected chi connectivity index (χ0v) is 11.1. The molecule has 1 aromatic heterocycles. The summed E-state index contributed by atoms with van der Waals surface area (Å²) in [5, 5.41) is 15.2. The molecule has 0 aliphatic carbocycles.